The standard InChI is InChI=1S/C9H10FN5/c10-9-5-8(1-2-13-9)12-3-4-15-7-11-6-14-15/h1-2,5-7H,3-4H2,(H,12,13). The normalized spacial score (nSPS) is 10.2. The molecule has 0 fully saturated rings. The maximum atomic E-state index is 12.7. The third-order valence-corrected chi connectivity index (χ3v) is 1.86. The maximum absolute atomic E-state index is 12.7. The van der Waals surface area contributed by atoms with E-state index in [9.17, 15) is 4.39 Å². The first-order chi connectivity index (χ1) is 7.34. The molecule has 0 aliphatic rings. The Labute approximate surface area is 86.0 Å². The molecule has 0 aromatic carbocycles. The van der Waals surface area contributed by atoms with Crippen LogP contribution in [0.1, 0.15) is 0 Å². The van der Waals surface area contributed by atoms with Crippen LogP contribution < -0.4 is 5.32 Å². The molecule has 1 N–H and O–H groups in total. The summed E-state index contributed by atoms with van der Waals surface area (Å²) in [7, 11) is 0. The maximum Gasteiger partial charge on any atom is 0.214 e. The summed E-state index contributed by atoms with van der Waals surface area (Å²) in [6, 6.07) is 3.06. The molecular formula is C9H10FN5. The molecule has 0 bridgehead atoms. The quantitative estimate of drug-likeness (QED) is 0.757. The minimum absolute atomic E-state index is 0.485. The Hall–Kier alpha value is -1.98. The summed E-state index contributed by atoms with van der Waals surface area (Å²) < 4.78 is 14.4. The fraction of sp³-hybridized carbons (Fsp3) is 0.222. The van der Waals surface area contributed by atoms with Gasteiger partial charge in [-0.15, -0.1) is 0 Å². The van der Waals surface area contributed by atoms with E-state index in [0.29, 0.717) is 18.8 Å². The minimum Gasteiger partial charge on any atom is -0.383 e. The van der Waals surface area contributed by atoms with Gasteiger partial charge in [0.1, 0.15) is 12.7 Å². The second-order valence-electron chi connectivity index (χ2n) is 2.95. The zero-order valence-electron chi connectivity index (χ0n) is 7.97. The van der Waals surface area contributed by atoms with Crippen LogP contribution >= 0.6 is 0 Å². The Morgan fingerprint density at radius 3 is 3.13 bits per heavy atom. The summed E-state index contributed by atoms with van der Waals surface area (Å²) in [4.78, 5) is 7.28. The predicted molar refractivity (Wildman–Crippen MR) is 52.7 cm³/mol. The van der Waals surface area contributed by atoms with Crippen LogP contribution in [-0.2, 0) is 6.54 Å². The van der Waals surface area contributed by atoms with E-state index in [0.717, 1.165) is 0 Å². The number of nitrogens with one attached hydrogen (secondary N) is 1. The molecular weight excluding hydrogens is 197 g/mol. The van der Waals surface area contributed by atoms with E-state index in [2.05, 4.69) is 20.4 Å². The Balaban J connectivity index is 1.83. The highest BCUT2D eigenvalue weighted by atomic mass is 19.1. The molecule has 2 rings (SSSR count). The van der Waals surface area contributed by atoms with E-state index in [1.165, 1.54) is 18.6 Å². The molecule has 78 valence electrons. The molecule has 0 spiro atoms. The summed E-state index contributed by atoms with van der Waals surface area (Å²) in [5.41, 5.74) is 0.711. The molecule has 0 saturated heterocycles. The first kappa shape index (κ1) is 9.57. The van der Waals surface area contributed by atoms with Crippen molar-refractivity contribution < 1.29 is 4.39 Å². The highest BCUT2D eigenvalue weighted by molar-refractivity contribution is 5.40. The van der Waals surface area contributed by atoms with Crippen LogP contribution in [-0.4, -0.2) is 26.3 Å². The fourth-order valence-corrected chi connectivity index (χ4v) is 1.18. The summed E-state index contributed by atoms with van der Waals surface area (Å²) in [5.74, 6) is -0.485. The monoisotopic (exact) mass is 207 g/mol. The highest BCUT2D eigenvalue weighted by Gasteiger charge is 1.95. The highest BCUT2D eigenvalue weighted by Crippen LogP contribution is 2.05. The van der Waals surface area contributed by atoms with Crippen molar-refractivity contribution in [3.05, 3.63) is 36.9 Å². The average molecular weight is 207 g/mol. The minimum atomic E-state index is -0.485. The number of hydrogen-bond acceptors (Lipinski definition) is 4. The van der Waals surface area contributed by atoms with Crippen molar-refractivity contribution in [2.24, 2.45) is 0 Å². The summed E-state index contributed by atoms with van der Waals surface area (Å²) >= 11 is 0. The second kappa shape index (κ2) is 4.50. The third-order valence-electron chi connectivity index (χ3n) is 1.86. The Bertz CT molecular complexity index is 414. The first-order valence-corrected chi connectivity index (χ1v) is 4.52. The zero-order valence-corrected chi connectivity index (χ0v) is 7.97. The molecule has 2 heterocycles. The van der Waals surface area contributed by atoms with Crippen LogP contribution in [0.25, 0.3) is 0 Å². The van der Waals surface area contributed by atoms with Gasteiger partial charge < -0.3 is 5.32 Å². The first-order valence-electron chi connectivity index (χ1n) is 4.52. The molecule has 5 nitrogen and oxygen atoms in total. The van der Waals surface area contributed by atoms with Crippen molar-refractivity contribution in [3.8, 4) is 0 Å². The Kier molecular flexibility index (Phi) is 2.87. The molecule has 6 heteroatoms. The zero-order chi connectivity index (χ0) is 10.5. The van der Waals surface area contributed by atoms with Crippen molar-refractivity contribution in [1.82, 2.24) is 19.7 Å². The molecule has 2 aromatic heterocycles. The van der Waals surface area contributed by atoms with Crippen LogP contribution in [0.15, 0.2) is 31.0 Å². The summed E-state index contributed by atoms with van der Waals surface area (Å²) in [6.07, 6.45) is 4.54. The van der Waals surface area contributed by atoms with Gasteiger partial charge in [-0.25, -0.2) is 9.97 Å². The van der Waals surface area contributed by atoms with Gasteiger partial charge >= 0.3 is 0 Å². The van der Waals surface area contributed by atoms with Crippen molar-refractivity contribution in [2.75, 3.05) is 11.9 Å². The number of nitrogens with zero attached hydrogens (tertiary/aromatic N) is 4. The molecule has 0 unspecified atom stereocenters. The SMILES string of the molecule is Fc1cc(NCCn2cncn2)ccn1. The van der Waals surface area contributed by atoms with E-state index in [4.69, 9.17) is 0 Å². The van der Waals surface area contributed by atoms with Crippen molar-refractivity contribution in [3.63, 3.8) is 0 Å². The summed E-state index contributed by atoms with van der Waals surface area (Å²) in [6.45, 7) is 1.34. The third kappa shape index (κ3) is 2.73. The Morgan fingerprint density at radius 1 is 1.47 bits per heavy atom. The molecule has 0 radical (unpaired) electrons. The molecule has 2 aromatic rings. The number of rotatable bonds is 4. The molecule has 0 aliphatic carbocycles. The number of hydrogen-bond donors (Lipinski definition) is 1. The van der Waals surface area contributed by atoms with E-state index in [1.807, 2.05) is 0 Å². The lowest BCUT2D eigenvalue weighted by molar-refractivity contribution is 0.583. The van der Waals surface area contributed by atoms with Gasteiger partial charge in [0, 0.05) is 24.5 Å². The van der Waals surface area contributed by atoms with Gasteiger partial charge in [0.25, 0.3) is 0 Å². The average Bonchev–Trinajstić information content (AvgIpc) is 2.71. The number of anilines is 1. The Morgan fingerprint density at radius 2 is 2.40 bits per heavy atom. The predicted octanol–water partition coefficient (Wildman–Crippen LogP) is 0.924. The van der Waals surface area contributed by atoms with Gasteiger partial charge in [0.2, 0.25) is 5.95 Å². The van der Waals surface area contributed by atoms with Gasteiger partial charge in [-0.2, -0.15) is 9.49 Å². The molecule has 0 saturated carbocycles. The summed E-state index contributed by atoms with van der Waals surface area (Å²) in [5, 5.41) is 7.00. The van der Waals surface area contributed by atoms with Crippen LogP contribution in [0, 0.1) is 5.95 Å². The van der Waals surface area contributed by atoms with Crippen LogP contribution in [0.5, 0.6) is 0 Å². The number of halogens is 1. The van der Waals surface area contributed by atoms with E-state index >= 15 is 0 Å². The van der Waals surface area contributed by atoms with Gasteiger partial charge in [-0.05, 0) is 6.07 Å². The van der Waals surface area contributed by atoms with E-state index in [-0.39, 0.29) is 0 Å². The topological polar surface area (TPSA) is 55.6 Å². The number of pyridine rings is 1. The van der Waals surface area contributed by atoms with Crippen molar-refractivity contribution >= 4 is 5.69 Å². The van der Waals surface area contributed by atoms with Gasteiger partial charge in [0.15, 0.2) is 0 Å². The van der Waals surface area contributed by atoms with Crippen molar-refractivity contribution in [1.29, 1.82) is 0 Å². The van der Waals surface area contributed by atoms with E-state index < -0.39 is 5.95 Å². The van der Waals surface area contributed by atoms with Gasteiger partial charge in [-0.1, -0.05) is 0 Å². The smallest absolute Gasteiger partial charge is 0.214 e. The van der Waals surface area contributed by atoms with Crippen LogP contribution in [0.4, 0.5) is 10.1 Å². The van der Waals surface area contributed by atoms with Crippen LogP contribution in [0.3, 0.4) is 0 Å². The van der Waals surface area contributed by atoms with Crippen LogP contribution in [0.2, 0.25) is 0 Å². The number of aromatic nitrogens is 4. The molecule has 15 heavy (non-hydrogen) atoms. The lowest BCUT2D eigenvalue weighted by Gasteiger charge is -2.05. The lowest BCUT2D eigenvalue weighted by atomic mass is 10.4. The molecule has 0 aliphatic heterocycles. The molecule has 0 atom stereocenters. The lowest BCUT2D eigenvalue weighted by Crippen LogP contribution is -2.10. The second-order valence-corrected chi connectivity index (χ2v) is 2.95. The van der Waals surface area contributed by atoms with Gasteiger partial charge in [0.05, 0.1) is 6.54 Å². The molecule has 0 amide bonds. The largest absolute Gasteiger partial charge is 0.383 e. The fourth-order valence-electron chi connectivity index (χ4n) is 1.18. The van der Waals surface area contributed by atoms with Gasteiger partial charge in [-0.3, -0.25) is 4.68 Å². The van der Waals surface area contributed by atoms with Crippen molar-refractivity contribution in [2.45, 2.75) is 6.54 Å². The van der Waals surface area contributed by atoms with E-state index in [1.54, 1.807) is 17.1 Å².